The van der Waals surface area contributed by atoms with Gasteiger partial charge < -0.3 is 10.6 Å². The summed E-state index contributed by atoms with van der Waals surface area (Å²) in [6.07, 6.45) is 2.13. The minimum atomic E-state index is -0.922. The number of hydrogen-bond acceptors (Lipinski definition) is 3. The van der Waals surface area contributed by atoms with E-state index >= 15 is 0 Å². The molecule has 2 aliphatic rings. The van der Waals surface area contributed by atoms with Crippen LogP contribution < -0.4 is 10.6 Å². The average molecular weight is 361 g/mol. The summed E-state index contributed by atoms with van der Waals surface area (Å²) in [5.41, 5.74) is -0.577. The maximum atomic E-state index is 13.0. The average Bonchev–Trinajstić information content (AvgIpc) is 2.71. The first-order chi connectivity index (χ1) is 12.1. The van der Waals surface area contributed by atoms with Gasteiger partial charge in [0.2, 0.25) is 5.91 Å². The molecule has 1 saturated heterocycles. The number of benzene rings is 1. The topological polar surface area (TPSA) is 78.5 Å². The summed E-state index contributed by atoms with van der Waals surface area (Å²) in [6, 6.07) is 4.76. The summed E-state index contributed by atoms with van der Waals surface area (Å²) in [6.45, 7) is 5.89. The van der Waals surface area contributed by atoms with E-state index in [0.717, 1.165) is 11.3 Å². The predicted molar refractivity (Wildman–Crippen MR) is 94.8 cm³/mol. The summed E-state index contributed by atoms with van der Waals surface area (Å²) < 4.78 is 12.9. The fraction of sp³-hybridized carbons (Fsp3) is 0.526. The largest absolute Gasteiger partial charge is 0.325 e. The molecule has 0 aromatic heterocycles. The minimum Gasteiger partial charge on any atom is -0.325 e. The van der Waals surface area contributed by atoms with E-state index in [4.69, 9.17) is 0 Å². The molecule has 140 valence electrons. The number of rotatable bonds is 3. The molecule has 26 heavy (non-hydrogen) atoms. The number of urea groups is 1. The highest BCUT2D eigenvalue weighted by Crippen LogP contribution is 2.46. The van der Waals surface area contributed by atoms with Crippen LogP contribution in [-0.4, -0.2) is 34.8 Å². The van der Waals surface area contributed by atoms with Gasteiger partial charge in [-0.05, 0) is 54.9 Å². The van der Waals surface area contributed by atoms with Crippen molar-refractivity contribution in [3.8, 4) is 0 Å². The van der Waals surface area contributed by atoms with Crippen molar-refractivity contribution in [2.75, 3.05) is 11.9 Å². The first-order valence-electron chi connectivity index (χ1n) is 8.80. The maximum Gasteiger partial charge on any atom is 0.325 e. The zero-order valence-electron chi connectivity index (χ0n) is 15.3. The van der Waals surface area contributed by atoms with Gasteiger partial charge in [0.15, 0.2) is 0 Å². The van der Waals surface area contributed by atoms with Gasteiger partial charge >= 0.3 is 6.03 Å². The number of halogens is 1. The third kappa shape index (κ3) is 3.57. The zero-order chi connectivity index (χ0) is 19.1. The van der Waals surface area contributed by atoms with Gasteiger partial charge in [-0.1, -0.05) is 20.8 Å². The van der Waals surface area contributed by atoms with Crippen LogP contribution in [0.5, 0.6) is 0 Å². The molecule has 0 bridgehead atoms. The van der Waals surface area contributed by atoms with Crippen molar-refractivity contribution in [2.24, 2.45) is 11.3 Å². The monoisotopic (exact) mass is 361 g/mol. The lowest BCUT2D eigenvalue weighted by molar-refractivity contribution is -0.136. The van der Waals surface area contributed by atoms with Gasteiger partial charge in [0.1, 0.15) is 17.9 Å². The highest BCUT2D eigenvalue weighted by atomic mass is 19.1. The molecular weight excluding hydrogens is 337 g/mol. The van der Waals surface area contributed by atoms with Crippen LogP contribution in [0.2, 0.25) is 0 Å². The van der Waals surface area contributed by atoms with E-state index in [1.54, 1.807) is 0 Å². The molecule has 0 radical (unpaired) electrons. The van der Waals surface area contributed by atoms with Crippen LogP contribution in [-0.2, 0) is 9.59 Å². The van der Waals surface area contributed by atoms with Crippen LogP contribution in [0.4, 0.5) is 14.9 Å². The first kappa shape index (κ1) is 18.4. The number of amides is 4. The summed E-state index contributed by atoms with van der Waals surface area (Å²) >= 11 is 0. The van der Waals surface area contributed by atoms with E-state index in [1.165, 1.54) is 24.3 Å². The second-order valence-electron chi connectivity index (χ2n) is 8.31. The first-order valence-corrected chi connectivity index (χ1v) is 8.80. The van der Waals surface area contributed by atoms with Gasteiger partial charge in [-0.25, -0.2) is 9.18 Å². The van der Waals surface area contributed by atoms with Crippen molar-refractivity contribution >= 4 is 23.5 Å². The molecular formula is C19H24FN3O3. The van der Waals surface area contributed by atoms with Gasteiger partial charge in [0, 0.05) is 5.69 Å². The molecule has 1 heterocycles. The second-order valence-corrected chi connectivity index (χ2v) is 8.31. The Labute approximate surface area is 152 Å². The van der Waals surface area contributed by atoms with Crippen LogP contribution in [0.1, 0.15) is 40.0 Å². The molecule has 1 saturated carbocycles. The normalized spacial score (nSPS) is 27.5. The summed E-state index contributed by atoms with van der Waals surface area (Å²) in [5.74, 6) is -0.944. The highest BCUT2D eigenvalue weighted by molar-refractivity contribution is 6.10. The maximum absolute atomic E-state index is 13.0. The molecule has 2 atom stereocenters. The van der Waals surface area contributed by atoms with E-state index < -0.39 is 23.3 Å². The third-order valence-corrected chi connectivity index (χ3v) is 5.05. The Hall–Kier alpha value is -2.44. The lowest BCUT2D eigenvalue weighted by Gasteiger charge is -2.43. The number of carbonyl (C=O) groups is 3. The van der Waals surface area contributed by atoms with Crippen molar-refractivity contribution in [3.63, 3.8) is 0 Å². The molecule has 3 rings (SSSR count). The van der Waals surface area contributed by atoms with Gasteiger partial charge in [0.25, 0.3) is 5.91 Å². The molecule has 1 aromatic rings. The van der Waals surface area contributed by atoms with Crippen LogP contribution in [0.25, 0.3) is 0 Å². The second kappa shape index (κ2) is 6.37. The van der Waals surface area contributed by atoms with Crippen molar-refractivity contribution in [1.29, 1.82) is 0 Å². The minimum absolute atomic E-state index is 0.0625. The molecule has 1 aliphatic heterocycles. The van der Waals surface area contributed by atoms with Crippen molar-refractivity contribution in [2.45, 2.75) is 45.6 Å². The summed E-state index contributed by atoms with van der Waals surface area (Å²) in [4.78, 5) is 38.6. The number of carbonyl (C=O) groups excluding carboxylic acids is 3. The SMILES string of the molecule is CC1CC(C)(C)CC2(C1)NC(=O)N(CC(=O)Nc1ccc(F)cc1)C2=O. The van der Waals surface area contributed by atoms with Gasteiger partial charge in [0.05, 0.1) is 0 Å². The van der Waals surface area contributed by atoms with Gasteiger partial charge in [-0.3, -0.25) is 14.5 Å². The van der Waals surface area contributed by atoms with Crippen LogP contribution >= 0.6 is 0 Å². The lowest BCUT2D eigenvalue weighted by atomic mass is 9.64. The smallest absolute Gasteiger partial charge is 0.325 e. The number of nitrogens with zero attached hydrogens (tertiary/aromatic N) is 1. The Balaban J connectivity index is 1.71. The molecule has 2 fully saturated rings. The fourth-order valence-corrected chi connectivity index (χ4v) is 4.53. The Morgan fingerprint density at radius 3 is 2.54 bits per heavy atom. The molecule has 4 amide bonds. The molecule has 2 unspecified atom stereocenters. The van der Waals surface area contributed by atoms with Crippen molar-refractivity contribution < 1.29 is 18.8 Å². The Bertz CT molecular complexity index is 747. The zero-order valence-corrected chi connectivity index (χ0v) is 15.3. The van der Waals surface area contributed by atoms with Crippen LogP contribution in [0.15, 0.2) is 24.3 Å². The Morgan fingerprint density at radius 2 is 1.92 bits per heavy atom. The molecule has 7 heteroatoms. The van der Waals surface area contributed by atoms with Crippen molar-refractivity contribution in [3.05, 3.63) is 30.1 Å². The predicted octanol–water partition coefficient (Wildman–Crippen LogP) is 2.90. The third-order valence-electron chi connectivity index (χ3n) is 5.05. The summed E-state index contributed by atoms with van der Waals surface area (Å²) in [7, 11) is 0. The molecule has 1 spiro atoms. The van der Waals surface area contributed by atoms with Crippen LogP contribution in [0, 0.1) is 17.2 Å². The van der Waals surface area contributed by atoms with E-state index in [-0.39, 0.29) is 17.9 Å². The van der Waals surface area contributed by atoms with E-state index in [0.29, 0.717) is 24.4 Å². The number of nitrogens with one attached hydrogen (secondary N) is 2. The molecule has 6 nitrogen and oxygen atoms in total. The quantitative estimate of drug-likeness (QED) is 0.813. The number of anilines is 1. The number of hydrogen-bond donors (Lipinski definition) is 2. The Morgan fingerprint density at radius 1 is 1.27 bits per heavy atom. The van der Waals surface area contributed by atoms with Crippen molar-refractivity contribution in [1.82, 2.24) is 10.2 Å². The summed E-state index contributed by atoms with van der Waals surface area (Å²) in [5, 5.41) is 5.41. The number of imide groups is 1. The molecule has 1 aliphatic carbocycles. The fourth-order valence-electron chi connectivity index (χ4n) is 4.53. The lowest BCUT2D eigenvalue weighted by Crippen LogP contribution is -2.54. The highest BCUT2D eigenvalue weighted by Gasteiger charge is 2.56. The van der Waals surface area contributed by atoms with Gasteiger partial charge in [-0.2, -0.15) is 0 Å². The molecule has 2 N–H and O–H groups in total. The Kier molecular flexibility index (Phi) is 4.50. The molecule has 1 aromatic carbocycles. The van der Waals surface area contributed by atoms with E-state index in [9.17, 15) is 18.8 Å². The van der Waals surface area contributed by atoms with Gasteiger partial charge in [-0.15, -0.1) is 0 Å². The standard InChI is InChI=1S/C19H24FN3O3/c1-12-8-18(2,3)11-19(9-12)16(25)23(17(26)22-19)10-15(24)21-14-6-4-13(20)5-7-14/h4-7,12H,8-11H2,1-3H3,(H,21,24)(H,22,26). The van der Waals surface area contributed by atoms with E-state index in [2.05, 4.69) is 31.4 Å². The van der Waals surface area contributed by atoms with Crippen LogP contribution in [0.3, 0.4) is 0 Å². The van der Waals surface area contributed by atoms with E-state index in [1.807, 2.05) is 0 Å².